The standard InChI is InChI=1S/C25H28FN5O6/c1-16(32)37-25(3)18(13-35-22(33)17-7-5-4-6-8-17)36-23(24(25,2)26)31-15-29-19-20(27-14-28-21(19)31)30-9-11-34-12-10-30/h4-8,14-15,18,23H,9-13H2,1-3H3/t18-,23+,24+,25+/m1/s1. The number of nitrogens with zero attached hydrogens (tertiary/aromatic N) is 5. The fraction of sp³-hybridized carbons (Fsp3) is 0.480. The van der Waals surface area contributed by atoms with Gasteiger partial charge in [0.1, 0.15) is 19.0 Å². The molecule has 12 heteroatoms. The number of esters is 2. The Morgan fingerprint density at radius 2 is 1.86 bits per heavy atom. The maximum Gasteiger partial charge on any atom is 0.338 e. The molecule has 3 aromatic rings. The lowest BCUT2D eigenvalue weighted by Crippen LogP contribution is -2.55. The maximum absolute atomic E-state index is 16.7. The zero-order chi connectivity index (χ0) is 26.2. The van der Waals surface area contributed by atoms with Crippen LogP contribution in [0.2, 0.25) is 0 Å². The van der Waals surface area contributed by atoms with Gasteiger partial charge in [0.2, 0.25) is 0 Å². The van der Waals surface area contributed by atoms with Crippen LogP contribution in [0, 0.1) is 0 Å². The molecule has 2 aliphatic rings. The number of hydrogen-bond donors (Lipinski definition) is 0. The zero-order valence-corrected chi connectivity index (χ0v) is 20.8. The van der Waals surface area contributed by atoms with E-state index in [4.69, 9.17) is 18.9 Å². The second-order valence-electron chi connectivity index (χ2n) is 9.34. The summed E-state index contributed by atoms with van der Waals surface area (Å²) in [6.07, 6.45) is 0.426. The number of hydrogen-bond acceptors (Lipinski definition) is 10. The predicted octanol–water partition coefficient (Wildman–Crippen LogP) is 2.47. The van der Waals surface area contributed by atoms with Gasteiger partial charge in [-0.05, 0) is 26.0 Å². The van der Waals surface area contributed by atoms with Gasteiger partial charge >= 0.3 is 11.9 Å². The average molecular weight is 514 g/mol. The van der Waals surface area contributed by atoms with Crippen molar-refractivity contribution < 1.29 is 32.9 Å². The molecule has 4 atom stereocenters. The Balaban J connectivity index is 1.47. The molecular formula is C25H28FN5O6. The van der Waals surface area contributed by atoms with Crippen LogP contribution in [-0.2, 0) is 23.7 Å². The molecule has 37 heavy (non-hydrogen) atoms. The number of fused-ring (bicyclic) bond motifs is 1. The molecule has 2 saturated heterocycles. The first-order chi connectivity index (χ1) is 17.7. The monoisotopic (exact) mass is 513 g/mol. The zero-order valence-electron chi connectivity index (χ0n) is 20.8. The van der Waals surface area contributed by atoms with Gasteiger partial charge in [-0.3, -0.25) is 9.36 Å². The molecule has 0 unspecified atom stereocenters. The molecule has 196 valence electrons. The number of imidazole rings is 1. The molecule has 0 spiro atoms. The normalized spacial score (nSPS) is 27.8. The molecule has 0 radical (unpaired) electrons. The number of anilines is 1. The number of carbonyl (C=O) groups is 2. The summed E-state index contributed by atoms with van der Waals surface area (Å²) >= 11 is 0. The van der Waals surface area contributed by atoms with Gasteiger partial charge in [-0.25, -0.2) is 24.1 Å². The Labute approximate surface area is 212 Å². The average Bonchev–Trinajstić information content (AvgIpc) is 3.39. The number of carbonyl (C=O) groups excluding carboxylic acids is 2. The van der Waals surface area contributed by atoms with E-state index < -0.39 is 35.5 Å². The molecule has 0 N–H and O–H groups in total. The van der Waals surface area contributed by atoms with E-state index in [1.54, 1.807) is 30.3 Å². The van der Waals surface area contributed by atoms with Crippen LogP contribution < -0.4 is 4.90 Å². The van der Waals surface area contributed by atoms with E-state index in [0.717, 1.165) is 0 Å². The SMILES string of the molecule is CC(=O)O[C@@]1(C)[C@@H](COC(=O)c2ccccc2)O[C@H](n2cnc3c(N4CCOCC4)ncnc32)[C@]1(C)F. The molecule has 4 heterocycles. The van der Waals surface area contributed by atoms with Crippen molar-refractivity contribution in [3.8, 4) is 0 Å². The van der Waals surface area contributed by atoms with Gasteiger partial charge in [-0.1, -0.05) is 18.2 Å². The molecular weight excluding hydrogens is 485 g/mol. The smallest absolute Gasteiger partial charge is 0.338 e. The van der Waals surface area contributed by atoms with Crippen LogP contribution in [0.15, 0.2) is 43.0 Å². The first kappa shape index (κ1) is 25.0. The van der Waals surface area contributed by atoms with E-state index in [0.29, 0.717) is 48.8 Å². The fourth-order valence-corrected chi connectivity index (χ4v) is 4.79. The van der Waals surface area contributed by atoms with E-state index in [1.165, 1.54) is 38.0 Å². The van der Waals surface area contributed by atoms with E-state index >= 15 is 4.39 Å². The van der Waals surface area contributed by atoms with Gasteiger partial charge in [0.15, 0.2) is 34.5 Å². The van der Waals surface area contributed by atoms with Crippen molar-refractivity contribution in [2.45, 2.75) is 44.4 Å². The number of rotatable bonds is 6. The highest BCUT2D eigenvalue weighted by atomic mass is 19.1. The van der Waals surface area contributed by atoms with E-state index in [2.05, 4.69) is 15.0 Å². The van der Waals surface area contributed by atoms with E-state index in [9.17, 15) is 9.59 Å². The Morgan fingerprint density at radius 1 is 1.14 bits per heavy atom. The number of ether oxygens (including phenoxy) is 4. The van der Waals surface area contributed by atoms with Crippen LogP contribution in [0.25, 0.3) is 11.2 Å². The quantitative estimate of drug-likeness (QED) is 0.455. The molecule has 0 amide bonds. The summed E-state index contributed by atoms with van der Waals surface area (Å²) in [7, 11) is 0. The Hall–Kier alpha value is -3.64. The predicted molar refractivity (Wildman–Crippen MR) is 129 cm³/mol. The van der Waals surface area contributed by atoms with Gasteiger partial charge in [0.25, 0.3) is 0 Å². The van der Waals surface area contributed by atoms with Crippen molar-refractivity contribution in [2.75, 3.05) is 37.8 Å². The van der Waals surface area contributed by atoms with Crippen LogP contribution in [0.4, 0.5) is 10.2 Å². The molecule has 2 aromatic heterocycles. The van der Waals surface area contributed by atoms with Crippen molar-refractivity contribution in [1.29, 1.82) is 0 Å². The van der Waals surface area contributed by atoms with Gasteiger partial charge in [0, 0.05) is 20.0 Å². The Bertz CT molecular complexity index is 1300. The third-order valence-electron chi connectivity index (χ3n) is 6.98. The molecule has 5 rings (SSSR count). The first-order valence-corrected chi connectivity index (χ1v) is 12.0. The second kappa shape index (κ2) is 9.67. The number of benzene rings is 1. The number of morpholine rings is 1. The minimum Gasteiger partial charge on any atom is -0.459 e. The number of aromatic nitrogens is 4. The van der Waals surface area contributed by atoms with Crippen molar-refractivity contribution >= 4 is 28.9 Å². The summed E-state index contributed by atoms with van der Waals surface area (Å²) in [6, 6.07) is 8.40. The fourth-order valence-electron chi connectivity index (χ4n) is 4.79. The van der Waals surface area contributed by atoms with Crippen LogP contribution in [0.3, 0.4) is 0 Å². The number of alkyl halides is 1. The summed E-state index contributed by atoms with van der Waals surface area (Å²) in [4.78, 5) is 39.8. The van der Waals surface area contributed by atoms with E-state index in [-0.39, 0.29) is 6.61 Å². The van der Waals surface area contributed by atoms with Crippen LogP contribution >= 0.6 is 0 Å². The lowest BCUT2D eigenvalue weighted by molar-refractivity contribution is -0.175. The van der Waals surface area contributed by atoms with Gasteiger partial charge in [-0.2, -0.15) is 0 Å². The molecule has 11 nitrogen and oxygen atoms in total. The lowest BCUT2D eigenvalue weighted by Gasteiger charge is -2.36. The maximum atomic E-state index is 16.7. The van der Waals surface area contributed by atoms with Crippen LogP contribution in [0.5, 0.6) is 0 Å². The van der Waals surface area contributed by atoms with Gasteiger partial charge in [0.05, 0.1) is 25.1 Å². The molecule has 1 aromatic carbocycles. The Morgan fingerprint density at radius 3 is 2.57 bits per heavy atom. The van der Waals surface area contributed by atoms with Crippen LogP contribution in [0.1, 0.15) is 37.4 Å². The molecule has 2 aliphatic heterocycles. The van der Waals surface area contributed by atoms with Crippen molar-refractivity contribution in [3.63, 3.8) is 0 Å². The molecule has 0 aliphatic carbocycles. The first-order valence-electron chi connectivity index (χ1n) is 12.0. The lowest BCUT2D eigenvalue weighted by atomic mass is 9.84. The summed E-state index contributed by atoms with van der Waals surface area (Å²) in [5.74, 6) is -0.682. The van der Waals surface area contributed by atoms with Gasteiger partial charge in [-0.15, -0.1) is 0 Å². The van der Waals surface area contributed by atoms with Crippen LogP contribution in [-0.4, -0.2) is 81.7 Å². The van der Waals surface area contributed by atoms with Crippen molar-refractivity contribution in [2.24, 2.45) is 0 Å². The van der Waals surface area contributed by atoms with Crippen molar-refractivity contribution in [1.82, 2.24) is 19.5 Å². The Kier molecular flexibility index (Phi) is 6.54. The summed E-state index contributed by atoms with van der Waals surface area (Å²) in [5, 5.41) is 0. The molecule has 2 fully saturated rings. The number of halogens is 1. The van der Waals surface area contributed by atoms with Gasteiger partial charge < -0.3 is 23.8 Å². The third-order valence-corrected chi connectivity index (χ3v) is 6.98. The molecule has 0 saturated carbocycles. The largest absolute Gasteiger partial charge is 0.459 e. The minimum absolute atomic E-state index is 0.335. The molecule has 0 bridgehead atoms. The highest BCUT2D eigenvalue weighted by Crippen LogP contribution is 2.51. The highest BCUT2D eigenvalue weighted by molar-refractivity contribution is 5.89. The van der Waals surface area contributed by atoms with Crippen molar-refractivity contribution in [3.05, 3.63) is 48.5 Å². The topological polar surface area (TPSA) is 118 Å². The highest BCUT2D eigenvalue weighted by Gasteiger charge is 2.66. The summed E-state index contributed by atoms with van der Waals surface area (Å²) in [5.41, 5.74) is -2.85. The van der Waals surface area contributed by atoms with E-state index in [1.807, 2.05) is 4.90 Å². The minimum atomic E-state index is -2.25. The second-order valence-corrected chi connectivity index (χ2v) is 9.34. The third kappa shape index (κ3) is 4.40. The summed E-state index contributed by atoms with van der Waals surface area (Å²) in [6.45, 7) is 5.97. The summed E-state index contributed by atoms with van der Waals surface area (Å²) < 4.78 is 40.6.